The lowest BCUT2D eigenvalue weighted by molar-refractivity contribution is -0.172. The van der Waals surface area contributed by atoms with Crippen LogP contribution in [-0.4, -0.2) is 66.7 Å². The average molecular weight is 459 g/mol. The quantitative estimate of drug-likeness (QED) is 0.568. The van der Waals surface area contributed by atoms with Gasteiger partial charge >= 0.3 is 5.97 Å². The van der Waals surface area contributed by atoms with Crippen LogP contribution in [0.5, 0.6) is 5.75 Å². The van der Waals surface area contributed by atoms with E-state index in [2.05, 4.69) is 20.9 Å². The highest BCUT2D eigenvalue weighted by Crippen LogP contribution is 2.37. The Morgan fingerprint density at radius 2 is 2.00 bits per heavy atom. The van der Waals surface area contributed by atoms with Gasteiger partial charge in [0.25, 0.3) is 5.91 Å². The minimum absolute atomic E-state index is 0.295. The van der Waals surface area contributed by atoms with E-state index in [4.69, 9.17) is 15.2 Å². The van der Waals surface area contributed by atoms with Crippen molar-refractivity contribution in [3.63, 3.8) is 0 Å². The Balaban J connectivity index is 1.21. The minimum atomic E-state index is -1.10. The highest BCUT2D eigenvalue weighted by atomic mass is 16.6. The van der Waals surface area contributed by atoms with Crippen LogP contribution in [0.25, 0.3) is 0 Å². The summed E-state index contributed by atoms with van der Waals surface area (Å²) >= 11 is 0. The van der Waals surface area contributed by atoms with Crippen LogP contribution in [0.3, 0.4) is 0 Å². The second-order valence-corrected chi connectivity index (χ2v) is 9.72. The molecule has 1 aromatic rings. The van der Waals surface area contributed by atoms with E-state index in [0.29, 0.717) is 25.2 Å². The number of amides is 1. The second-order valence-electron chi connectivity index (χ2n) is 9.72. The lowest BCUT2D eigenvalue weighted by Crippen LogP contribution is -2.50. The Morgan fingerprint density at radius 3 is 2.70 bits per heavy atom. The Morgan fingerprint density at radius 1 is 1.24 bits per heavy atom. The molecule has 0 aromatic carbocycles. The van der Waals surface area contributed by atoms with Gasteiger partial charge in [-0.2, -0.15) is 0 Å². The summed E-state index contributed by atoms with van der Waals surface area (Å²) in [4.78, 5) is 33.7. The fourth-order valence-corrected chi connectivity index (χ4v) is 5.29. The van der Waals surface area contributed by atoms with Crippen molar-refractivity contribution in [3.05, 3.63) is 17.8 Å². The maximum atomic E-state index is 12.1. The number of pyridine rings is 1. The SMILES string of the molecule is CCCCC(=O)OC1(C(N)=O)CCC(CCN2CCN(c3nccc4c3OCC4)CC2)CC1. The predicted molar refractivity (Wildman–Crippen MR) is 126 cm³/mol. The lowest BCUT2D eigenvalue weighted by atomic mass is 9.77. The topological polar surface area (TPSA) is 98.0 Å². The first kappa shape index (κ1) is 23.8. The first-order valence-electron chi connectivity index (χ1n) is 12.6. The minimum Gasteiger partial charge on any atom is -0.489 e. The van der Waals surface area contributed by atoms with Gasteiger partial charge in [0.05, 0.1) is 6.61 Å². The first-order valence-corrected chi connectivity index (χ1v) is 12.6. The van der Waals surface area contributed by atoms with Crippen molar-refractivity contribution in [1.29, 1.82) is 0 Å². The molecule has 1 aromatic heterocycles. The summed E-state index contributed by atoms with van der Waals surface area (Å²) in [6.07, 6.45) is 8.86. The number of unbranched alkanes of at least 4 members (excludes halogenated alkanes) is 1. The molecule has 8 nitrogen and oxygen atoms in total. The molecule has 182 valence electrons. The molecule has 0 atom stereocenters. The summed E-state index contributed by atoms with van der Waals surface area (Å²) in [5.74, 6) is 1.72. The number of fused-ring (bicyclic) bond motifs is 1. The molecule has 1 saturated heterocycles. The summed E-state index contributed by atoms with van der Waals surface area (Å²) in [6.45, 7) is 7.77. The number of hydrogen-bond acceptors (Lipinski definition) is 7. The van der Waals surface area contributed by atoms with Gasteiger partial charge in [-0.1, -0.05) is 13.3 Å². The van der Waals surface area contributed by atoms with Gasteiger partial charge in [-0.25, -0.2) is 4.98 Å². The van der Waals surface area contributed by atoms with Crippen molar-refractivity contribution in [2.24, 2.45) is 11.7 Å². The Kier molecular flexibility index (Phi) is 7.73. The van der Waals surface area contributed by atoms with Gasteiger partial charge in [-0.15, -0.1) is 0 Å². The van der Waals surface area contributed by atoms with Crippen LogP contribution >= 0.6 is 0 Å². The van der Waals surface area contributed by atoms with Crippen molar-refractivity contribution in [1.82, 2.24) is 9.88 Å². The number of ether oxygens (including phenoxy) is 2. The molecular weight excluding hydrogens is 420 g/mol. The van der Waals surface area contributed by atoms with Crippen LogP contribution < -0.4 is 15.4 Å². The average Bonchev–Trinajstić information content (AvgIpc) is 3.32. The predicted octanol–water partition coefficient (Wildman–Crippen LogP) is 2.68. The van der Waals surface area contributed by atoms with Crippen LogP contribution in [0.1, 0.15) is 63.9 Å². The molecule has 3 aliphatic rings. The van der Waals surface area contributed by atoms with Gasteiger partial charge in [0.1, 0.15) is 0 Å². The number of primary amides is 1. The van der Waals surface area contributed by atoms with E-state index in [1.165, 1.54) is 5.56 Å². The van der Waals surface area contributed by atoms with Crippen molar-refractivity contribution < 1.29 is 19.1 Å². The number of nitrogens with two attached hydrogens (primary N) is 1. The first-order chi connectivity index (χ1) is 16.0. The number of hydrogen-bond donors (Lipinski definition) is 1. The summed E-state index contributed by atoms with van der Waals surface area (Å²) < 4.78 is 11.5. The summed E-state index contributed by atoms with van der Waals surface area (Å²) in [5, 5.41) is 0. The van der Waals surface area contributed by atoms with Gasteiger partial charge in [-0.05, 0) is 57.1 Å². The van der Waals surface area contributed by atoms with Crippen molar-refractivity contribution in [2.45, 2.75) is 70.3 Å². The van der Waals surface area contributed by atoms with E-state index in [1.54, 1.807) is 0 Å². The van der Waals surface area contributed by atoms with E-state index < -0.39 is 11.5 Å². The molecule has 1 amide bonds. The molecule has 0 radical (unpaired) electrons. The maximum absolute atomic E-state index is 12.1. The third-order valence-corrected chi connectivity index (χ3v) is 7.52. The van der Waals surface area contributed by atoms with Gasteiger partial charge in [0.15, 0.2) is 17.2 Å². The fourth-order valence-electron chi connectivity index (χ4n) is 5.29. The van der Waals surface area contributed by atoms with Gasteiger partial charge < -0.3 is 20.1 Å². The van der Waals surface area contributed by atoms with Crippen molar-refractivity contribution in [3.8, 4) is 5.75 Å². The number of piperazine rings is 1. The van der Waals surface area contributed by atoms with E-state index in [9.17, 15) is 9.59 Å². The number of aromatic nitrogens is 1. The Labute approximate surface area is 196 Å². The molecule has 2 N–H and O–H groups in total. The molecule has 0 bridgehead atoms. The summed E-state index contributed by atoms with van der Waals surface area (Å²) in [5.41, 5.74) is 5.83. The zero-order valence-electron chi connectivity index (χ0n) is 19.9. The standard InChI is InChI=1S/C25H38N4O4/c1-2-3-4-21(30)33-25(24(26)31)10-5-19(6-11-25)8-13-28-14-16-29(17-15-28)23-22-20(7-12-27-23)9-18-32-22/h7,12,19H,2-6,8-11,13-18H2,1H3,(H2,26,31). The number of carbonyl (C=O) groups is 2. The molecular formula is C25H38N4O4. The number of nitrogens with zero attached hydrogens (tertiary/aromatic N) is 3. The van der Waals surface area contributed by atoms with Crippen LogP contribution in [0.15, 0.2) is 12.3 Å². The molecule has 33 heavy (non-hydrogen) atoms. The van der Waals surface area contributed by atoms with Crippen LogP contribution in [0.4, 0.5) is 5.82 Å². The Bertz CT molecular complexity index is 830. The van der Waals surface area contributed by atoms with E-state index >= 15 is 0 Å². The highest BCUT2D eigenvalue weighted by Gasteiger charge is 2.43. The largest absolute Gasteiger partial charge is 0.489 e. The van der Waals surface area contributed by atoms with Crippen molar-refractivity contribution >= 4 is 17.7 Å². The molecule has 2 aliphatic heterocycles. The third-order valence-electron chi connectivity index (χ3n) is 7.52. The molecule has 8 heteroatoms. The van der Waals surface area contributed by atoms with E-state index in [-0.39, 0.29) is 5.97 Å². The molecule has 0 spiro atoms. The summed E-state index contributed by atoms with van der Waals surface area (Å²) in [7, 11) is 0. The zero-order chi connectivity index (χ0) is 23.3. The van der Waals surface area contributed by atoms with E-state index in [0.717, 1.165) is 89.4 Å². The number of esters is 1. The maximum Gasteiger partial charge on any atom is 0.306 e. The van der Waals surface area contributed by atoms with Crippen LogP contribution in [-0.2, 0) is 20.7 Å². The normalized spacial score (nSPS) is 25.4. The Hall–Kier alpha value is -2.35. The molecule has 1 saturated carbocycles. The molecule has 1 aliphatic carbocycles. The molecule has 4 rings (SSSR count). The number of rotatable bonds is 9. The molecule has 3 heterocycles. The van der Waals surface area contributed by atoms with Gasteiger partial charge in [-0.3, -0.25) is 14.5 Å². The van der Waals surface area contributed by atoms with Crippen LogP contribution in [0.2, 0.25) is 0 Å². The smallest absolute Gasteiger partial charge is 0.306 e. The van der Waals surface area contributed by atoms with Crippen molar-refractivity contribution in [2.75, 3.05) is 44.2 Å². The third kappa shape index (κ3) is 5.60. The molecule has 2 fully saturated rings. The van der Waals surface area contributed by atoms with E-state index in [1.807, 2.05) is 13.1 Å². The monoisotopic (exact) mass is 458 g/mol. The number of carbonyl (C=O) groups excluding carboxylic acids is 2. The fraction of sp³-hybridized carbons (Fsp3) is 0.720. The lowest BCUT2D eigenvalue weighted by Gasteiger charge is -2.39. The molecule has 0 unspecified atom stereocenters. The van der Waals surface area contributed by atoms with Gasteiger partial charge in [0, 0.05) is 50.8 Å². The van der Waals surface area contributed by atoms with Gasteiger partial charge in [0.2, 0.25) is 0 Å². The van der Waals surface area contributed by atoms with Crippen LogP contribution in [0, 0.1) is 5.92 Å². The number of anilines is 1. The highest BCUT2D eigenvalue weighted by molar-refractivity contribution is 5.86. The second kappa shape index (κ2) is 10.7. The summed E-state index contributed by atoms with van der Waals surface area (Å²) in [6, 6.07) is 2.06. The zero-order valence-corrected chi connectivity index (χ0v) is 19.9.